The fourth-order valence-corrected chi connectivity index (χ4v) is 2.91. The van der Waals surface area contributed by atoms with Gasteiger partial charge in [-0.25, -0.2) is 4.79 Å². The number of Topliss-reactive ketones (excluding diaryl/α,β-unsaturated/α-hetero) is 1. The molecule has 28 heavy (non-hydrogen) atoms. The normalized spacial score (nSPS) is 10.6. The predicted octanol–water partition coefficient (Wildman–Crippen LogP) is 2.68. The monoisotopic (exact) mass is 390 g/mol. The number of nitrogens with one attached hydrogen (secondary N) is 1. The third-order valence-corrected chi connectivity index (χ3v) is 4.03. The van der Waals surface area contributed by atoms with E-state index in [0.29, 0.717) is 34.1 Å². The number of oxime groups is 1. The molecule has 9 heteroatoms. The van der Waals surface area contributed by atoms with Gasteiger partial charge in [0.15, 0.2) is 17.3 Å². The molecule has 1 aromatic heterocycles. The molecule has 1 heterocycles. The van der Waals surface area contributed by atoms with Crippen molar-refractivity contribution in [3.05, 3.63) is 29.1 Å². The van der Waals surface area contributed by atoms with Gasteiger partial charge in [0.25, 0.3) is 0 Å². The average Bonchev–Trinajstić information content (AvgIpc) is 3.09. The summed E-state index contributed by atoms with van der Waals surface area (Å²) >= 11 is 0. The highest BCUT2D eigenvalue weighted by Gasteiger charge is 2.29. The zero-order valence-corrected chi connectivity index (χ0v) is 16.5. The molecule has 0 aliphatic rings. The minimum atomic E-state index is -0.692. The molecule has 0 spiro atoms. The maximum absolute atomic E-state index is 12.4. The van der Waals surface area contributed by atoms with Crippen molar-refractivity contribution in [2.45, 2.75) is 6.92 Å². The van der Waals surface area contributed by atoms with Gasteiger partial charge in [-0.3, -0.25) is 4.79 Å². The van der Waals surface area contributed by atoms with Gasteiger partial charge in [-0.1, -0.05) is 5.16 Å². The Morgan fingerprint density at radius 3 is 2.18 bits per heavy atom. The SMILES string of the molecule is CO/N=C/c1[nH]c(C(=O)OC)c(C(C)=O)c1-c1ccc(OC)c(OC)c1OC. The highest BCUT2D eigenvalue weighted by molar-refractivity contribution is 6.13. The summed E-state index contributed by atoms with van der Waals surface area (Å²) in [5.41, 5.74) is 1.38. The van der Waals surface area contributed by atoms with Gasteiger partial charge in [-0.15, -0.1) is 0 Å². The summed E-state index contributed by atoms with van der Waals surface area (Å²) in [4.78, 5) is 32.3. The van der Waals surface area contributed by atoms with Crippen molar-refractivity contribution in [2.75, 3.05) is 35.5 Å². The number of H-pyrrole nitrogens is 1. The second kappa shape index (κ2) is 8.94. The van der Waals surface area contributed by atoms with Crippen LogP contribution in [0.2, 0.25) is 0 Å². The summed E-state index contributed by atoms with van der Waals surface area (Å²) in [5, 5.41) is 3.74. The van der Waals surface area contributed by atoms with Crippen LogP contribution in [0.5, 0.6) is 17.2 Å². The smallest absolute Gasteiger partial charge is 0.355 e. The second-order valence-corrected chi connectivity index (χ2v) is 5.51. The van der Waals surface area contributed by atoms with E-state index in [1.165, 1.54) is 48.7 Å². The van der Waals surface area contributed by atoms with Crippen LogP contribution in [0.3, 0.4) is 0 Å². The molecule has 0 saturated carbocycles. The van der Waals surface area contributed by atoms with Crippen molar-refractivity contribution >= 4 is 18.0 Å². The summed E-state index contributed by atoms with van der Waals surface area (Å²) in [6.07, 6.45) is 1.35. The van der Waals surface area contributed by atoms with E-state index in [9.17, 15) is 9.59 Å². The number of ketones is 1. The van der Waals surface area contributed by atoms with Crippen LogP contribution >= 0.6 is 0 Å². The largest absolute Gasteiger partial charge is 0.493 e. The number of aromatic nitrogens is 1. The van der Waals surface area contributed by atoms with Crippen molar-refractivity contribution in [2.24, 2.45) is 5.16 Å². The lowest BCUT2D eigenvalue weighted by molar-refractivity contribution is 0.0591. The maximum atomic E-state index is 12.4. The van der Waals surface area contributed by atoms with E-state index in [2.05, 4.69) is 10.1 Å². The molecule has 0 unspecified atom stereocenters. The molecule has 0 aliphatic carbocycles. The number of benzene rings is 1. The number of carbonyl (C=O) groups is 2. The standard InChI is InChI=1S/C19H22N2O7/c1-10(22)14-15(12(9-20-28-6)21-16(14)19(23)27-5)11-7-8-13(24-2)18(26-4)17(11)25-3/h7-9,21H,1-6H3/b20-9+. The molecule has 1 aromatic carbocycles. The first-order valence-corrected chi connectivity index (χ1v) is 8.16. The lowest BCUT2D eigenvalue weighted by atomic mass is 9.96. The van der Waals surface area contributed by atoms with E-state index in [1.807, 2.05) is 0 Å². The van der Waals surface area contributed by atoms with Crippen LogP contribution in [0.15, 0.2) is 17.3 Å². The average molecular weight is 390 g/mol. The lowest BCUT2D eigenvalue weighted by Gasteiger charge is -2.16. The molecule has 0 amide bonds. The molecule has 2 rings (SSSR count). The fourth-order valence-electron chi connectivity index (χ4n) is 2.91. The minimum Gasteiger partial charge on any atom is -0.493 e. The van der Waals surface area contributed by atoms with Crippen molar-refractivity contribution in [3.63, 3.8) is 0 Å². The van der Waals surface area contributed by atoms with E-state index in [-0.39, 0.29) is 17.0 Å². The predicted molar refractivity (Wildman–Crippen MR) is 102 cm³/mol. The molecule has 150 valence electrons. The number of ether oxygens (including phenoxy) is 4. The number of carbonyl (C=O) groups excluding carboxylic acids is 2. The third-order valence-electron chi connectivity index (χ3n) is 4.03. The van der Waals surface area contributed by atoms with Crippen LogP contribution in [0.1, 0.15) is 33.5 Å². The van der Waals surface area contributed by atoms with E-state index in [1.54, 1.807) is 12.1 Å². The zero-order valence-electron chi connectivity index (χ0n) is 16.5. The molecule has 0 saturated heterocycles. The van der Waals surface area contributed by atoms with Crippen molar-refractivity contribution in [1.29, 1.82) is 0 Å². The zero-order chi connectivity index (χ0) is 20.8. The van der Waals surface area contributed by atoms with Crippen LogP contribution in [0.25, 0.3) is 11.1 Å². The molecule has 0 aliphatic heterocycles. The molecule has 1 N–H and O–H groups in total. The third kappa shape index (κ3) is 3.64. The molecular formula is C19H22N2O7. The highest BCUT2D eigenvalue weighted by Crippen LogP contribution is 2.46. The molecule has 0 bridgehead atoms. The number of hydrogen-bond acceptors (Lipinski definition) is 8. The van der Waals surface area contributed by atoms with Gasteiger partial charge in [-0.2, -0.15) is 0 Å². The number of rotatable bonds is 8. The van der Waals surface area contributed by atoms with Gasteiger partial charge < -0.3 is 28.8 Å². The van der Waals surface area contributed by atoms with E-state index >= 15 is 0 Å². The first kappa shape index (κ1) is 20.8. The Kier molecular flexibility index (Phi) is 6.64. The maximum Gasteiger partial charge on any atom is 0.355 e. The van der Waals surface area contributed by atoms with E-state index < -0.39 is 5.97 Å². The first-order valence-electron chi connectivity index (χ1n) is 8.16. The van der Waals surface area contributed by atoms with Crippen molar-refractivity contribution in [3.8, 4) is 28.4 Å². The Morgan fingerprint density at radius 2 is 1.68 bits per heavy atom. The lowest BCUT2D eigenvalue weighted by Crippen LogP contribution is -2.08. The van der Waals surface area contributed by atoms with Crippen LogP contribution < -0.4 is 14.2 Å². The van der Waals surface area contributed by atoms with Gasteiger partial charge in [0.2, 0.25) is 5.75 Å². The topological polar surface area (TPSA) is 108 Å². The molecule has 0 atom stereocenters. The fraction of sp³-hybridized carbons (Fsp3) is 0.316. The summed E-state index contributed by atoms with van der Waals surface area (Å²) in [6.45, 7) is 1.35. The second-order valence-electron chi connectivity index (χ2n) is 5.51. The molecule has 0 fully saturated rings. The van der Waals surface area contributed by atoms with Crippen LogP contribution in [-0.2, 0) is 9.57 Å². The molecule has 9 nitrogen and oxygen atoms in total. The van der Waals surface area contributed by atoms with Gasteiger partial charge in [0.1, 0.15) is 12.8 Å². The summed E-state index contributed by atoms with van der Waals surface area (Å²) in [7, 11) is 7.04. The Morgan fingerprint density at radius 1 is 1.00 bits per heavy atom. The molecule has 0 radical (unpaired) electrons. The summed E-state index contributed by atoms with van der Waals surface area (Å²) < 4.78 is 21.1. The van der Waals surface area contributed by atoms with Gasteiger partial charge in [-0.05, 0) is 19.1 Å². The Hall–Kier alpha value is -3.49. The Bertz CT molecular complexity index is 915. The summed E-state index contributed by atoms with van der Waals surface area (Å²) in [5.74, 6) is 0.0751. The van der Waals surface area contributed by atoms with Crippen LogP contribution in [0.4, 0.5) is 0 Å². The highest BCUT2D eigenvalue weighted by atomic mass is 16.6. The van der Waals surface area contributed by atoms with Crippen LogP contribution in [0, 0.1) is 0 Å². The number of aromatic amines is 1. The quantitative estimate of drug-likeness (QED) is 0.319. The minimum absolute atomic E-state index is 0.000564. The number of nitrogens with zero attached hydrogens (tertiary/aromatic N) is 1. The van der Waals surface area contributed by atoms with Gasteiger partial charge >= 0.3 is 5.97 Å². The van der Waals surface area contributed by atoms with E-state index in [0.717, 1.165) is 0 Å². The first-order chi connectivity index (χ1) is 13.4. The van der Waals surface area contributed by atoms with Gasteiger partial charge in [0, 0.05) is 11.1 Å². The molecule has 2 aromatic rings. The number of methoxy groups -OCH3 is 4. The molecular weight excluding hydrogens is 368 g/mol. The van der Waals surface area contributed by atoms with Crippen molar-refractivity contribution < 1.29 is 33.4 Å². The van der Waals surface area contributed by atoms with Crippen LogP contribution in [-0.4, -0.2) is 58.5 Å². The van der Waals surface area contributed by atoms with Crippen molar-refractivity contribution in [1.82, 2.24) is 4.98 Å². The van der Waals surface area contributed by atoms with Gasteiger partial charge in [0.05, 0.1) is 45.9 Å². The Balaban J connectivity index is 2.94. The number of hydrogen-bond donors (Lipinski definition) is 1. The summed E-state index contributed by atoms with van der Waals surface area (Å²) in [6, 6.07) is 3.36. The number of esters is 1. The Labute approximate surface area is 162 Å². The van der Waals surface area contributed by atoms with E-state index in [4.69, 9.17) is 23.8 Å².